The molecule has 2 nitrogen and oxygen atoms in total. The van der Waals surface area contributed by atoms with Gasteiger partial charge in [-0.2, -0.15) is 0 Å². The van der Waals surface area contributed by atoms with Crippen LogP contribution in [0.3, 0.4) is 0 Å². The molecule has 0 fully saturated rings. The maximum atomic E-state index is 2.53. The Kier molecular flexibility index (Phi) is 9.57. The second-order valence-electron chi connectivity index (χ2n) is 21.5. The topological polar surface area (TPSA) is 8.17 Å². The molecule has 0 saturated carbocycles. The van der Waals surface area contributed by atoms with Crippen molar-refractivity contribution in [3.05, 3.63) is 205 Å². The first-order chi connectivity index (χ1) is 31.6. The molecule has 0 aliphatic carbocycles. The average molecular weight is 855 g/mol. The molecule has 66 heavy (non-hydrogen) atoms. The Bertz CT molecular complexity index is 3550. The van der Waals surface area contributed by atoms with Gasteiger partial charge in [-0.05, 0) is 126 Å². The van der Waals surface area contributed by atoms with E-state index in [-0.39, 0.29) is 16.2 Å². The fourth-order valence-electron chi connectivity index (χ4n) is 10.3. The van der Waals surface area contributed by atoms with Crippen LogP contribution < -0.4 is 4.90 Å². The number of hydrogen-bond donors (Lipinski definition) is 0. The van der Waals surface area contributed by atoms with Gasteiger partial charge in [0.25, 0.3) is 0 Å². The third-order valence-corrected chi connectivity index (χ3v) is 14.0. The predicted molar refractivity (Wildman–Crippen MR) is 286 cm³/mol. The first-order valence-corrected chi connectivity index (χ1v) is 23.6. The summed E-state index contributed by atoms with van der Waals surface area (Å²) in [5.74, 6) is 0. The monoisotopic (exact) mass is 854 g/mol. The SMILES string of the molecule is CC(C)(C)c1cc(-c2ccccc2)cc(N(c2ccccc2-c2ccccc2)c2ccc3ccc4c(-n5c6ccc(C(C)(C)C)cc6c6cc(C(C)(C)C)ccc65)ccc5ccc2c3c54)c1. The first-order valence-electron chi connectivity index (χ1n) is 23.6. The predicted octanol–water partition coefficient (Wildman–Crippen LogP) is 18.4. The Morgan fingerprint density at radius 2 is 0.864 bits per heavy atom. The summed E-state index contributed by atoms with van der Waals surface area (Å²) in [5, 5.41) is 10.1. The summed E-state index contributed by atoms with van der Waals surface area (Å²) in [7, 11) is 0. The molecule has 0 bridgehead atoms. The van der Waals surface area contributed by atoms with Gasteiger partial charge >= 0.3 is 0 Å². The Hall–Kier alpha value is -7.16. The Morgan fingerprint density at radius 3 is 1.47 bits per heavy atom. The van der Waals surface area contributed by atoms with E-state index in [1.165, 1.54) is 98.8 Å². The minimum Gasteiger partial charge on any atom is -0.309 e. The minimum atomic E-state index is -0.0847. The highest BCUT2D eigenvalue weighted by atomic mass is 15.1. The van der Waals surface area contributed by atoms with Crippen LogP contribution in [0.2, 0.25) is 0 Å². The third-order valence-electron chi connectivity index (χ3n) is 14.0. The van der Waals surface area contributed by atoms with E-state index in [0.717, 1.165) is 17.1 Å². The van der Waals surface area contributed by atoms with Gasteiger partial charge in [-0.15, -0.1) is 0 Å². The Labute approximate surface area is 390 Å². The van der Waals surface area contributed by atoms with Gasteiger partial charge in [-0.3, -0.25) is 0 Å². The number of rotatable bonds is 6. The van der Waals surface area contributed by atoms with Crippen LogP contribution in [0.1, 0.15) is 79.0 Å². The zero-order valence-electron chi connectivity index (χ0n) is 39.8. The lowest BCUT2D eigenvalue weighted by molar-refractivity contribution is 0.590. The second kappa shape index (κ2) is 15.2. The van der Waals surface area contributed by atoms with Gasteiger partial charge in [-0.25, -0.2) is 0 Å². The molecule has 2 heteroatoms. The third kappa shape index (κ3) is 6.94. The average Bonchev–Trinajstić information content (AvgIpc) is 3.64. The first kappa shape index (κ1) is 41.5. The summed E-state index contributed by atoms with van der Waals surface area (Å²) in [6.07, 6.45) is 0. The summed E-state index contributed by atoms with van der Waals surface area (Å²) in [6.45, 7) is 20.8. The number of para-hydroxylation sites is 1. The minimum absolute atomic E-state index is 0.0294. The smallest absolute Gasteiger partial charge is 0.0541 e. The number of aromatic nitrogens is 1. The van der Waals surface area contributed by atoms with Crippen LogP contribution in [-0.4, -0.2) is 4.57 Å². The van der Waals surface area contributed by atoms with Gasteiger partial charge in [0.1, 0.15) is 0 Å². The summed E-state index contributed by atoms with van der Waals surface area (Å²) in [5.41, 5.74) is 15.8. The van der Waals surface area contributed by atoms with Crippen molar-refractivity contribution in [2.75, 3.05) is 4.90 Å². The van der Waals surface area contributed by atoms with E-state index in [1.54, 1.807) is 0 Å². The van der Waals surface area contributed by atoms with Gasteiger partial charge in [0.2, 0.25) is 0 Å². The molecule has 0 unspecified atom stereocenters. The van der Waals surface area contributed by atoms with Gasteiger partial charge < -0.3 is 9.47 Å². The fraction of sp³-hybridized carbons (Fsp3) is 0.188. The normalized spacial score (nSPS) is 12.6. The summed E-state index contributed by atoms with van der Waals surface area (Å²) in [4.78, 5) is 2.53. The molecule has 0 saturated heterocycles. The number of hydrogen-bond acceptors (Lipinski definition) is 1. The van der Waals surface area contributed by atoms with Crippen molar-refractivity contribution in [2.24, 2.45) is 0 Å². The lowest BCUT2D eigenvalue weighted by Crippen LogP contribution is -2.16. The van der Waals surface area contributed by atoms with Crippen molar-refractivity contribution in [3.63, 3.8) is 0 Å². The maximum absolute atomic E-state index is 2.53. The standard InChI is InChI=1S/C64H58N2/c1-62(2,3)46-28-34-58-53(39-46)54-40-47(63(4,5)6)29-35-59(54)66(58)57-33-27-44-24-30-51-56(32-26-43-25-31-52(57)61(44)60(43)51)65(55-23-17-16-22-50(55)42-20-14-11-15-21-42)49-37-45(41-18-12-10-13-19-41)36-48(38-49)64(7,8)9/h10-40H,1-9H3. The van der Waals surface area contributed by atoms with Crippen molar-refractivity contribution in [1.29, 1.82) is 0 Å². The molecule has 0 N–H and O–H groups in total. The molecular weight excluding hydrogens is 797 g/mol. The van der Waals surface area contributed by atoms with Crippen molar-refractivity contribution in [3.8, 4) is 27.9 Å². The van der Waals surface area contributed by atoms with Crippen LogP contribution in [0.15, 0.2) is 188 Å². The van der Waals surface area contributed by atoms with Crippen molar-refractivity contribution < 1.29 is 0 Å². The van der Waals surface area contributed by atoms with Crippen LogP contribution >= 0.6 is 0 Å². The molecule has 10 aromatic carbocycles. The molecule has 1 heterocycles. The van der Waals surface area contributed by atoms with E-state index in [1.807, 2.05) is 0 Å². The highest BCUT2D eigenvalue weighted by Gasteiger charge is 2.26. The van der Waals surface area contributed by atoms with Gasteiger partial charge in [0.05, 0.1) is 28.1 Å². The molecule has 0 atom stereocenters. The number of fused-ring (bicyclic) bond motifs is 3. The summed E-state index contributed by atoms with van der Waals surface area (Å²) >= 11 is 0. The van der Waals surface area contributed by atoms with E-state index in [9.17, 15) is 0 Å². The largest absolute Gasteiger partial charge is 0.309 e. The molecule has 0 aliphatic rings. The maximum Gasteiger partial charge on any atom is 0.0541 e. The zero-order chi connectivity index (χ0) is 45.7. The Morgan fingerprint density at radius 1 is 0.348 bits per heavy atom. The molecule has 1 aromatic heterocycles. The van der Waals surface area contributed by atoms with Gasteiger partial charge in [0, 0.05) is 32.8 Å². The fourth-order valence-corrected chi connectivity index (χ4v) is 10.3. The van der Waals surface area contributed by atoms with E-state index in [4.69, 9.17) is 0 Å². The van der Waals surface area contributed by atoms with E-state index in [2.05, 4.69) is 260 Å². The Balaban J connectivity index is 1.21. The number of nitrogens with zero attached hydrogens (tertiary/aromatic N) is 2. The summed E-state index contributed by atoms with van der Waals surface area (Å²) in [6, 6.07) is 70.9. The molecular formula is C64H58N2. The van der Waals surface area contributed by atoms with Crippen LogP contribution in [0.4, 0.5) is 17.1 Å². The molecule has 0 spiro atoms. The quantitative estimate of drug-likeness (QED) is 0.151. The number of benzene rings is 10. The molecule has 11 rings (SSSR count). The second-order valence-corrected chi connectivity index (χ2v) is 21.5. The lowest BCUT2D eigenvalue weighted by atomic mass is 9.84. The van der Waals surface area contributed by atoms with E-state index < -0.39 is 0 Å². The molecule has 11 aromatic rings. The summed E-state index contributed by atoms with van der Waals surface area (Å²) < 4.78 is 2.53. The zero-order valence-corrected chi connectivity index (χ0v) is 39.8. The number of anilines is 3. The van der Waals surface area contributed by atoms with Crippen LogP contribution in [-0.2, 0) is 16.2 Å². The van der Waals surface area contributed by atoms with Crippen LogP contribution in [0.25, 0.3) is 82.1 Å². The lowest BCUT2D eigenvalue weighted by Gasteiger charge is -2.32. The highest BCUT2D eigenvalue weighted by Crippen LogP contribution is 2.49. The van der Waals surface area contributed by atoms with Crippen molar-refractivity contribution in [2.45, 2.75) is 78.6 Å². The van der Waals surface area contributed by atoms with Gasteiger partial charge in [-0.1, -0.05) is 196 Å². The van der Waals surface area contributed by atoms with E-state index in [0.29, 0.717) is 0 Å². The van der Waals surface area contributed by atoms with Crippen molar-refractivity contribution >= 4 is 71.2 Å². The van der Waals surface area contributed by atoms with E-state index >= 15 is 0 Å². The molecule has 0 radical (unpaired) electrons. The van der Waals surface area contributed by atoms with Gasteiger partial charge in [0.15, 0.2) is 0 Å². The van der Waals surface area contributed by atoms with Crippen LogP contribution in [0.5, 0.6) is 0 Å². The van der Waals surface area contributed by atoms with Crippen LogP contribution in [0, 0.1) is 0 Å². The highest BCUT2D eigenvalue weighted by molar-refractivity contribution is 6.27. The molecule has 324 valence electrons. The molecule has 0 amide bonds. The van der Waals surface area contributed by atoms with Crippen molar-refractivity contribution in [1.82, 2.24) is 4.57 Å². The molecule has 0 aliphatic heterocycles.